The summed E-state index contributed by atoms with van der Waals surface area (Å²) in [6.45, 7) is 1.71. The molecule has 0 heterocycles. The summed E-state index contributed by atoms with van der Waals surface area (Å²) >= 11 is 5.91. The van der Waals surface area contributed by atoms with Gasteiger partial charge in [0.2, 0.25) is 0 Å². The van der Waals surface area contributed by atoms with E-state index in [-0.39, 0.29) is 4.91 Å². The minimum atomic E-state index is -4.13. The molecular weight excluding hydrogens is 212 g/mol. The van der Waals surface area contributed by atoms with Gasteiger partial charge in [0.1, 0.15) is 0 Å². The molecule has 0 aromatic heterocycles. The normalized spacial score (nSPS) is 28.4. The van der Waals surface area contributed by atoms with Crippen molar-refractivity contribution in [2.75, 3.05) is 0 Å². The lowest BCUT2D eigenvalue weighted by Gasteiger charge is -2.08. The molecule has 0 saturated carbocycles. The number of halogens is 1. The fourth-order valence-electron chi connectivity index (χ4n) is 0.859. The minimum Gasteiger partial charge on any atom is -0.282 e. The third kappa shape index (κ3) is 2.99. The van der Waals surface area contributed by atoms with Gasteiger partial charge in [0.05, 0.1) is 9.78 Å². The molecule has 0 spiro atoms. The Morgan fingerprint density at radius 2 is 2.08 bits per heavy atom. The summed E-state index contributed by atoms with van der Waals surface area (Å²) in [5.41, 5.74) is 0. The van der Waals surface area contributed by atoms with Crippen LogP contribution in [-0.2, 0) is 10.1 Å². The van der Waals surface area contributed by atoms with Crippen LogP contribution in [0.25, 0.3) is 0 Å². The fraction of sp³-hybridized carbons (Fsp3) is 0.250. The molecule has 3 nitrogen and oxygen atoms in total. The van der Waals surface area contributed by atoms with Crippen LogP contribution in [0, 0.1) is 0 Å². The number of rotatable bonds is 1. The van der Waals surface area contributed by atoms with Gasteiger partial charge in [-0.15, -0.1) is 11.6 Å². The number of hydrogen-bond acceptors (Lipinski definition) is 2. The van der Waals surface area contributed by atoms with Crippen LogP contribution in [-0.4, -0.2) is 17.8 Å². The van der Waals surface area contributed by atoms with Crippen LogP contribution >= 0.6 is 11.6 Å². The summed E-state index contributed by atoms with van der Waals surface area (Å²) in [6, 6.07) is 0. The average molecular weight is 221 g/mol. The highest BCUT2D eigenvalue weighted by Crippen LogP contribution is 2.22. The van der Waals surface area contributed by atoms with E-state index >= 15 is 0 Å². The van der Waals surface area contributed by atoms with E-state index in [4.69, 9.17) is 16.2 Å². The Bertz CT molecular complexity index is 388. The quantitative estimate of drug-likeness (QED) is 0.542. The molecule has 0 aromatic carbocycles. The van der Waals surface area contributed by atoms with Crippen molar-refractivity contribution in [2.45, 2.75) is 11.8 Å². The Labute approximate surface area is 82.2 Å². The summed E-state index contributed by atoms with van der Waals surface area (Å²) in [7, 11) is -4.13. The first-order chi connectivity index (χ1) is 5.81. The Balaban J connectivity index is 3.10. The van der Waals surface area contributed by atoms with E-state index in [1.807, 2.05) is 0 Å². The third-order valence-corrected chi connectivity index (χ3v) is 2.67. The number of allylic oxidation sites excluding steroid dienone is 5. The van der Waals surface area contributed by atoms with Crippen molar-refractivity contribution in [2.24, 2.45) is 0 Å². The van der Waals surface area contributed by atoms with Gasteiger partial charge in [-0.25, -0.2) is 0 Å². The smallest absolute Gasteiger partial charge is 0.282 e. The van der Waals surface area contributed by atoms with Gasteiger partial charge < -0.3 is 0 Å². The first-order valence-electron chi connectivity index (χ1n) is 3.56. The van der Waals surface area contributed by atoms with Crippen LogP contribution in [0.2, 0.25) is 0 Å². The molecule has 0 amide bonds. The van der Waals surface area contributed by atoms with Crippen molar-refractivity contribution in [3.8, 4) is 0 Å². The van der Waals surface area contributed by atoms with Gasteiger partial charge in [-0.1, -0.05) is 18.2 Å². The van der Waals surface area contributed by atoms with E-state index in [0.29, 0.717) is 0 Å². The van der Waals surface area contributed by atoms with Crippen LogP contribution in [0.15, 0.2) is 35.3 Å². The molecule has 1 aliphatic rings. The van der Waals surface area contributed by atoms with E-state index in [1.165, 1.54) is 24.3 Å². The zero-order chi connectivity index (χ0) is 10.1. The molecule has 0 aliphatic heterocycles. The molecule has 0 unspecified atom stereocenters. The highest BCUT2D eigenvalue weighted by atomic mass is 35.5. The van der Waals surface area contributed by atoms with Crippen LogP contribution in [0.5, 0.6) is 0 Å². The Morgan fingerprint density at radius 1 is 1.46 bits per heavy atom. The second-order valence-corrected chi connectivity index (χ2v) is 5.12. The van der Waals surface area contributed by atoms with Crippen LogP contribution in [0.3, 0.4) is 0 Å². The van der Waals surface area contributed by atoms with Crippen molar-refractivity contribution < 1.29 is 13.0 Å². The van der Waals surface area contributed by atoms with Crippen molar-refractivity contribution in [3.05, 3.63) is 35.3 Å². The first-order valence-corrected chi connectivity index (χ1v) is 5.38. The first kappa shape index (κ1) is 10.5. The highest BCUT2D eigenvalue weighted by molar-refractivity contribution is 7.90. The molecule has 0 saturated heterocycles. The summed E-state index contributed by atoms with van der Waals surface area (Å²) in [4.78, 5) is -0.865. The molecular formula is C8H9ClO3S. The molecule has 0 radical (unpaired) electrons. The second-order valence-electron chi connectivity index (χ2n) is 2.89. The molecule has 1 N–H and O–H groups in total. The van der Waals surface area contributed by atoms with Gasteiger partial charge in [0.25, 0.3) is 10.1 Å². The van der Waals surface area contributed by atoms with E-state index in [2.05, 4.69) is 0 Å². The molecule has 0 fully saturated rings. The maximum absolute atomic E-state index is 10.7. The molecule has 5 heteroatoms. The molecule has 1 aliphatic carbocycles. The van der Waals surface area contributed by atoms with Gasteiger partial charge in [0.15, 0.2) is 0 Å². The molecule has 1 atom stereocenters. The number of hydrogen-bond donors (Lipinski definition) is 1. The van der Waals surface area contributed by atoms with Gasteiger partial charge in [-0.2, -0.15) is 8.42 Å². The van der Waals surface area contributed by atoms with Crippen LogP contribution in [0.4, 0.5) is 0 Å². The second kappa shape index (κ2) is 3.29. The largest absolute Gasteiger partial charge is 0.294 e. The Kier molecular flexibility index (Phi) is 2.66. The Hall–Kier alpha value is -0.580. The lowest BCUT2D eigenvalue weighted by molar-refractivity contribution is 0.492. The Morgan fingerprint density at radius 3 is 2.62 bits per heavy atom. The van der Waals surface area contributed by atoms with Gasteiger partial charge in [-0.05, 0) is 19.1 Å². The lowest BCUT2D eigenvalue weighted by atomic mass is 10.1. The third-order valence-electron chi connectivity index (χ3n) is 1.55. The monoisotopic (exact) mass is 220 g/mol. The van der Waals surface area contributed by atoms with Crippen molar-refractivity contribution in [3.63, 3.8) is 0 Å². The maximum Gasteiger partial charge on any atom is 0.294 e. The van der Waals surface area contributed by atoms with Crippen molar-refractivity contribution in [1.29, 1.82) is 0 Å². The van der Waals surface area contributed by atoms with E-state index < -0.39 is 15.0 Å². The fourth-order valence-corrected chi connectivity index (χ4v) is 1.49. The van der Waals surface area contributed by atoms with E-state index in [9.17, 15) is 8.42 Å². The lowest BCUT2D eigenvalue weighted by Crippen LogP contribution is -2.06. The van der Waals surface area contributed by atoms with E-state index in [1.54, 1.807) is 13.0 Å². The standard InChI is InChI=1S/C8H9ClO3S/c1-8(9)5-2-3-7(4-6-8)13(10,11)12/h2-6H,1H3,(H,10,11,12)/t8-/m1/s1. The van der Waals surface area contributed by atoms with Crippen molar-refractivity contribution >= 4 is 21.7 Å². The maximum atomic E-state index is 10.7. The molecule has 13 heavy (non-hydrogen) atoms. The average Bonchev–Trinajstić information content (AvgIpc) is 2.08. The predicted molar refractivity (Wildman–Crippen MR) is 52.2 cm³/mol. The topological polar surface area (TPSA) is 54.4 Å². The van der Waals surface area contributed by atoms with Crippen molar-refractivity contribution in [1.82, 2.24) is 0 Å². The van der Waals surface area contributed by atoms with Gasteiger partial charge in [0, 0.05) is 0 Å². The summed E-state index contributed by atoms with van der Waals surface area (Å²) in [5.74, 6) is 0. The highest BCUT2D eigenvalue weighted by Gasteiger charge is 2.17. The molecule has 72 valence electrons. The van der Waals surface area contributed by atoms with E-state index in [0.717, 1.165) is 0 Å². The zero-order valence-corrected chi connectivity index (χ0v) is 8.51. The zero-order valence-electron chi connectivity index (χ0n) is 6.94. The molecule has 0 aromatic rings. The minimum absolute atomic E-state index is 0.159. The molecule has 0 bridgehead atoms. The molecule has 1 rings (SSSR count). The number of alkyl halides is 1. The summed E-state index contributed by atoms with van der Waals surface area (Å²) in [5, 5.41) is 0. The van der Waals surface area contributed by atoms with Gasteiger partial charge in [-0.3, -0.25) is 4.55 Å². The van der Waals surface area contributed by atoms with Gasteiger partial charge >= 0.3 is 0 Å². The summed E-state index contributed by atoms with van der Waals surface area (Å²) in [6.07, 6.45) is 7.19. The SMILES string of the molecule is C[C@@]1(Cl)C=CC=C(S(=O)(=O)O)C=C1. The van der Waals surface area contributed by atoms with Crippen LogP contribution in [0.1, 0.15) is 6.92 Å². The predicted octanol–water partition coefficient (Wildman–Crippen LogP) is 1.88. The van der Waals surface area contributed by atoms with Crippen LogP contribution < -0.4 is 0 Å². The summed E-state index contributed by atoms with van der Waals surface area (Å²) < 4.78 is 30.1.